The summed E-state index contributed by atoms with van der Waals surface area (Å²) >= 11 is 0. The number of rotatable bonds is 5. The fraction of sp³-hybridized carbons (Fsp3) is 0.857. The average Bonchev–Trinajstić information content (AvgIpc) is 2.42. The van der Waals surface area contributed by atoms with Gasteiger partial charge in [0, 0.05) is 19.7 Å². The van der Waals surface area contributed by atoms with Crippen molar-refractivity contribution >= 4 is 12.0 Å². The minimum absolute atomic E-state index is 0.246. The largest absolute Gasteiger partial charge is 0.469 e. The van der Waals surface area contributed by atoms with E-state index in [1.807, 2.05) is 6.92 Å². The zero-order chi connectivity index (χ0) is 15.2. The number of carbonyl (C=O) groups is 2. The van der Waals surface area contributed by atoms with Crippen LogP contribution in [-0.2, 0) is 14.3 Å². The second-order valence-corrected chi connectivity index (χ2v) is 6.01. The number of nitrogens with one attached hydrogen (secondary N) is 2. The summed E-state index contributed by atoms with van der Waals surface area (Å²) in [5.41, 5.74) is -0.723. The first-order valence-corrected chi connectivity index (χ1v) is 7.07. The maximum Gasteiger partial charge on any atom is 0.314 e. The minimum Gasteiger partial charge on any atom is -0.469 e. The molecule has 0 radical (unpaired) electrons. The summed E-state index contributed by atoms with van der Waals surface area (Å²) in [6, 6.07) is -0.249. The van der Waals surface area contributed by atoms with E-state index in [0.29, 0.717) is 12.5 Å². The van der Waals surface area contributed by atoms with Gasteiger partial charge in [-0.25, -0.2) is 4.79 Å². The van der Waals surface area contributed by atoms with Crippen LogP contribution < -0.4 is 10.6 Å². The molecular weight excluding hydrogens is 260 g/mol. The number of hydrogen-bond acceptors (Lipinski definition) is 4. The van der Waals surface area contributed by atoms with Crippen molar-refractivity contribution in [3.63, 3.8) is 0 Å². The van der Waals surface area contributed by atoms with Crippen molar-refractivity contribution in [2.75, 3.05) is 26.8 Å². The normalized spacial score (nSPS) is 23.0. The summed E-state index contributed by atoms with van der Waals surface area (Å²) < 4.78 is 10.2. The summed E-state index contributed by atoms with van der Waals surface area (Å²) in [5, 5.41) is 5.55. The van der Waals surface area contributed by atoms with Crippen LogP contribution in [0.25, 0.3) is 0 Å². The van der Waals surface area contributed by atoms with Crippen LogP contribution in [0, 0.1) is 11.3 Å². The van der Waals surface area contributed by atoms with Gasteiger partial charge in [0.2, 0.25) is 0 Å². The molecule has 6 nitrogen and oxygen atoms in total. The van der Waals surface area contributed by atoms with Crippen molar-refractivity contribution in [2.45, 2.75) is 39.7 Å². The molecule has 2 atom stereocenters. The molecule has 0 aromatic rings. The molecule has 116 valence electrons. The summed E-state index contributed by atoms with van der Waals surface area (Å²) in [6.45, 7) is 7.15. The number of amides is 2. The predicted molar refractivity (Wildman–Crippen MR) is 75.3 cm³/mol. The van der Waals surface area contributed by atoms with E-state index < -0.39 is 5.41 Å². The fourth-order valence-corrected chi connectivity index (χ4v) is 2.23. The second-order valence-electron chi connectivity index (χ2n) is 6.01. The fourth-order valence-electron chi connectivity index (χ4n) is 2.23. The van der Waals surface area contributed by atoms with Crippen LogP contribution in [0.5, 0.6) is 0 Å². The van der Waals surface area contributed by atoms with Gasteiger partial charge in [-0.2, -0.15) is 0 Å². The van der Waals surface area contributed by atoms with Gasteiger partial charge in [0.05, 0.1) is 18.6 Å². The van der Waals surface area contributed by atoms with E-state index in [-0.39, 0.29) is 24.6 Å². The predicted octanol–water partition coefficient (Wildman–Crippen LogP) is 1.30. The molecule has 20 heavy (non-hydrogen) atoms. The van der Waals surface area contributed by atoms with Gasteiger partial charge in [0.15, 0.2) is 0 Å². The highest BCUT2D eigenvalue weighted by molar-refractivity contribution is 5.78. The van der Waals surface area contributed by atoms with Crippen molar-refractivity contribution in [3.05, 3.63) is 0 Å². The van der Waals surface area contributed by atoms with E-state index in [1.165, 1.54) is 7.11 Å². The Kier molecular flexibility index (Phi) is 6.26. The van der Waals surface area contributed by atoms with Crippen LogP contribution >= 0.6 is 0 Å². The Balaban J connectivity index is 2.25. The van der Waals surface area contributed by atoms with Crippen LogP contribution in [0.1, 0.15) is 33.6 Å². The number of methoxy groups -OCH3 is 1. The molecule has 0 bridgehead atoms. The lowest BCUT2D eigenvalue weighted by molar-refractivity contribution is -0.150. The lowest BCUT2D eigenvalue weighted by Crippen LogP contribution is -2.45. The smallest absolute Gasteiger partial charge is 0.314 e. The third-order valence-corrected chi connectivity index (χ3v) is 3.57. The third-order valence-electron chi connectivity index (χ3n) is 3.57. The van der Waals surface area contributed by atoms with Crippen LogP contribution in [0.3, 0.4) is 0 Å². The molecule has 1 fully saturated rings. The van der Waals surface area contributed by atoms with Crippen molar-refractivity contribution < 1.29 is 19.1 Å². The Bertz CT molecular complexity index is 344. The Morgan fingerprint density at radius 1 is 1.35 bits per heavy atom. The summed E-state index contributed by atoms with van der Waals surface area (Å²) in [4.78, 5) is 23.2. The van der Waals surface area contributed by atoms with Crippen LogP contribution in [0.4, 0.5) is 4.79 Å². The molecule has 1 saturated heterocycles. The van der Waals surface area contributed by atoms with Crippen molar-refractivity contribution in [1.29, 1.82) is 0 Å². The zero-order valence-corrected chi connectivity index (χ0v) is 12.8. The molecule has 0 spiro atoms. The minimum atomic E-state index is -0.723. The van der Waals surface area contributed by atoms with Gasteiger partial charge in [-0.1, -0.05) is 0 Å². The van der Waals surface area contributed by atoms with Gasteiger partial charge in [-0.05, 0) is 39.5 Å². The van der Waals surface area contributed by atoms with Gasteiger partial charge in [0.1, 0.15) is 0 Å². The van der Waals surface area contributed by atoms with E-state index in [2.05, 4.69) is 15.4 Å². The quantitative estimate of drug-likeness (QED) is 0.747. The second kappa shape index (κ2) is 7.47. The van der Waals surface area contributed by atoms with Gasteiger partial charge >= 0.3 is 12.0 Å². The van der Waals surface area contributed by atoms with Crippen LogP contribution in [0.2, 0.25) is 0 Å². The monoisotopic (exact) mass is 286 g/mol. The lowest BCUT2D eigenvalue weighted by atomic mass is 9.94. The summed E-state index contributed by atoms with van der Waals surface area (Å²) in [5.74, 6) is 0.120. The Labute approximate surface area is 120 Å². The first kappa shape index (κ1) is 16.8. The molecule has 6 heteroatoms. The number of esters is 1. The van der Waals surface area contributed by atoms with E-state index >= 15 is 0 Å². The Morgan fingerprint density at radius 3 is 2.65 bits per heavy atom. The lowest BCUT2D eigenvalue weighted by Gasteiger charge is -2.27. The summed E-state index contributed by atoms with van der Waals surface area (Å²) in [6.07, 6.45) is 2.20. The highest BCUT2D eigenvalue weighted by Crippen LogP contribution is 2.19. The number of ether oxygens (including phenoxy) is 2. The highest BCUT2D eigenvalue weighted by Gasteiger charge is 2.29. The first-order valence-electron chi connectivity index (χ1n) is 7.07. The molecule has 1 rings (SSSR count). The van der Waals surface area contributed by atoms with Gasteiger partial charge in [0.25, 0.3) is 0 Å². The number of carbonyl (C=O) groups excluding carboxylic acids is 2. The van der Waals surface area contributed by atoms with Crippen molar-refractivity contribution in [1.82, 2.24) is 10.6 Å². The molecule has 1 aliphatic heterocycles. The Hall–Kier alpha value is -1.30. The maximum atomic E-state index is 11.7. The maximum absolute atomic E-state index is 11.7. The van der Waals surface area contributed by atoms with Gasteiger partial charge < -0.3 is 20.1 Å². The highest BCUT2D eigenvalue weighted by atomic mass is 16.5. The third kappa shape index (κ3) is 5.36. The average molecular weight is 286 g/mol. The van der Waals surface area contributed by atoms with E-state index in [4.69, 9.17) is 4.74 Å². The Morgan fingerprint density at radius 2 is 2.05 bits per heavy atom. The molecule has 1 heterocycles. The molecule has 0 saturated carbocycles. The number of urea groups is 1. The molecular formula is C14H26N2O4. The molecule has 0 aromatic carbocycles. The standard InChI is InChI=1S/C14H26N2O4/c1-10-7-11(5-6-20-10)8-15-13(18)16-9-14(2,3)12(17)19-4/h10-11H,5-9H2,1-4H3,(H2,15,16,18)/t10-,11-/m0/s1. The SMILES string of the molecule is COC(=O)C(C)(C)CNC(=O)NC[C@H]1CCO[C@@H](C)C1. The molecule has 2 amide bonds. The molecule has 0 aliphatic carbocycles. The van der Waals surface area contributed by atoms with Crippen LogP contribution in [0.15, 0.2) is 0 Å². The van der Waals surface area contributed by atoms with Gasteiger partial charge in [-0.3, -0.25) is 4.79 Å². The van der Waals surface area contributed by atoms with E-state index in [9.17, 15) is 9.59 Å². The zero-order valence-electron chi connectivity index (χ0n) is 12.8. The van der Waals surface area contributed by atoms with Crippen molar-refractivity contribution in [2.24, 2.45) is 11.3 Å². The van der Waals surface area contributed by atoms with Gasteiger partial charge in [-0.15, -0.1) is 0 Å². The summed E-state index contributed by atoms with van der Waals surface area (Å²) in [7, 11) is 1.34. The topological polar surface area (TPSA) is 76.7 Å². The molecule has 0 aromatic heterocycles. The molecule has 0 unspecified atom stereocenters. The first-order chi connectivity index (χ1) is 9.35. The van der Waals surface area contributed by atoms with Crippen LogP contribution in [-0.4, -0.2) is 44.9 Å². The molecule has 1 aliphatic rings. The number of hydrogen-bond donors (Lipinski definition) is 2. The van der Waals surface area contributed by atoms with E-state index in [0.717, 1.165) is 19.4 Å². The molecule has 2 N–H and O–H groups in total. The van der Waals surface area contributed by atoms with E-state index in [1.54, 1.807) is 13.8 Å². The van der Waals surface area contributed by atoms with Crippen molar-refractivity contribution in [3.8, 4) is 0 Å².